The van der Waals surface area contributed by atoms with Crippen LogP contribution in [0, 0.1) is 0 Å². The van der Waals surface area contributed by atoms with E-state index in [9.17, 15) is 19.2 Å². The van der Waals surface area contributed by atoms with E-state index in [4.69, 9.17) is 0 Å². The second kappa shape index (κ2) is 7.16. The van der Waals surface area contributed by atoms with E-state index in [1.807, 2.05) is 0 Å². The Bertz CT molecular complexity index is 683. The number of nitrogens with one attached hydrogen (secondary N) is 3. The molecule has 0 aliphatic carbocycles. The van der Waals surface area contributed by atoms with E-state index < -0.39 is 0 Å². The summed E-state index contributed by atoms with van der Waals surface area (Å²) in [6.45, 7) is 0.340. The first kappa shape index (κ1) is 15.4. The maximum absolute atomic E-state index is 11.8. The number of aromatic amines is 2. The third-order valence-electron chi connectivity index (χ3n) is 3.02. The van der Waals surface area contributed by atoms with E-state index in [1.54, 1.807) is 0 Å². The van der Waals surface area contributed by atoms with Gasteiger partial charge in [0.15, 0.2) is 5.78 Å². The Morgan fingerprint density at radius 2 is 1.50 bits per heavy atom. The Balaban J connectivity index is 1.77. The van der Waals surface area contributed by atoms with E-state index in [2.05, 4.69) is 15.3 Å². The van der Waals surface area contributed by atoms with Crippen LogP contribution in [0.4, 0.5) is 0 Å². The summed E-state index contributed by atoms with van der Waals surface area (Å²) in [6.07, 6.45) is 3.46. The van der Waals surface area contributed by atoms with Crippen LogP contribution in [0.5, 0.6) is 0 Å². The molecule has 0 saturated heterocycles. The number of hydrogen-bond donors (Lipinski definition) is 3. The van der Waals surface area contributed by atoms with Crippen LogP contribution in [0.2, 0.25) is 0 Å². The Labute approximate surface area is 125 Å². The van der Waals surface area contributed by atoms with Gasteiger partial charge in [0.1, 0.15) is 0 Å². The second-order valence-corrected chi connectivity index (χ2v) is 4.67. The number of aromatic nitrogens is 2. The fraction of sp³-hybridized carbons (Fsp3) is 0.200. The topological polar surface area (TPSA) is 112 Å². The van der Waals surface area contributed by atoms with E-state index in [1.165, 1.54) is 36.7 Å². The average molecular weight is 301 g/mol. The summed E-state index contributed by atoms with van der Waals surface area (Å²) in [7, 11) is 0. The number of H-pyrrole nitrogens is 2. The van der Waals surface area contributed by atoms with Crippen molar-refractivity contribution in [1.82, 2.24) is 15.3 Å². The molecule has 7 heteroatoms. The minimum Gasteiger partial charge on any atom is -0.352 e. The molecule has 0 aromatic carbocycles. The zero-order chi connectivity index (χ0) is 15.9. The van der Waals surface area contributed by atoms with Crippen molar-refractivity contribution in [1.29, 1.82) is 0 Å². The normalized spacial score (nSPS) is 10.2. The van der Waals surface area contributed by atoms with Crippen molar-refractivity contribution in [3.05, 3.63) is 68.5 Å². The fourth-order valence-corrected chi connectivity index (χ4v) is 1.83. The van der Waals surface area contributed by atoms with Gasteiger partial charge in [-0.25, -0.2) is 0 Å². The van der Waals surface area contributed by atoms with Gasteiger partial charge in [0.2, 0.25) is 11.1 Å². The highest BCUT2D eigenvalue weighted by atomic mass is 16.2. The van der Waals surface area contributed by atoms with Gasteiger partial charge >= 0.3 is 0 Å². The van der Waals surface area contributed by atoms with Gasteiger partial charge in [-0.3, -0.25) is 19.2 Å². The molecule has 2 aromatic rings. The number of pyridine rings is 2. The molecule has 0 radical (unpaired) electrons. The van der Waals surface area contributed by atoms with Crippen LogP contribution < -0.4 is 16.4 Å². The molecule has 0 bridgehead atoms. The molecule has 0 spiro atoms. The summed E-state index contributed by atoms with van der Waals surface area (Å²) < 4.78 is 0. The Morgan fingerprint density at radius 1 is 0.909 bits per heavy atom. The molecule has 2 aromatic heterocycles. The van der Waals surface area contributed by atoms with Crippen molar-refractivity contribution in [2.24, 2.45) is 0 Å². The molecule has 2 heterocycles. The standard InChI is InChI=1S/C15H15N3O4/c19-12(10-3-5-13(20)17-8-10)2-1-7-16-15(22)11-4-6-14(21)18-9-11/h3-6,8-9H,1-2,7H2,(H,16,22)(H,17,20)(H,18,21). The van der Waals surface area contributed by atoms with Gasteiger partial charge in [-0.2, -0.15) is 0 Å². The van der Waals surface area contributed by atoms with E-state index in [-0.39, 0.29) is 29.2 Å². The minimum atomic E-state index is -0.312. The maximum Gasteiger partial charge on any atom is 0.252 e. The Hall–Kier alpha value is -2.96. The molecule has 114 valence electrons. The first-order valence-corrected chi connectivity index (χ1v) is 6.75. The molecule has 7 nitrogen and oxygen atoms in total. The van der Waals surface area contributed by atoms with Crippen LogP contribution in [0.3, 0.4) is 0 Å². The highest BCUT2D eigenvalue weighted by molar-refractivity contribution is 5.96. The van der Waals surface area contributed by atoms with Crippen LogP contribution in [0.25, 0.3) is 0 Å². The smallest absolute Gasteiger partial charge is 0.252 e. The summed E-state index contributed by atoms with van der Waals surface area (Å²) in [4.78, 5) is 50.2. The number of Topliss-reactive ketones (excluding diaryl/α,β-unsaturated/α-hetero) is 1. The third kappa shape index (κ3) is 4.27. The summed E-state index contributed by atoms with van der Waals surface area (Å²) in [6, 6.07) is 5.47. The van der Waals surface area contributed by atoms with Crippen molar-refractivity contribution >= 4 is 11.7 Å². The summed E-state index contributed by atoms with van der Waals surface area (Å²) in [5.74, 6) is -0.415. The molecule has 1 amide bonds. The largest absolute Gasteiger partial charge is 0.352 e. The highest BCUT2D eigenvalue weighted by Crippen LogP contribution is 2.02. The molecule has 22 heavy (non-hydrogen) atoms. The quantitative estimate of drug-likeness (QED) is 0.531. The average Bonchev–Trinajstić information content (AvgIpc) is 2.52. The maximum atomic E-state index is 11.8. The van der Waals surface area contributed by atoms with E-state index in [0.29, 0.717) is 24.1 Å². The summed E-state index contributed by atoms with van der Waals surface area (Å²) >= 11 is 0. The van der Waals surface area contributed by atoms with Gasteiger partial charge in [0, 0.05) is 43.1 Å². The molecule has 0 unspecified atom stereocenters. The van der Waals surface area contributed by atoms with Crippen molar-refractivity contribution in [2.45, 2.75) is 12.8 Å². The molecular weight excluding hydrogens is 286 g/mol. The zero-order valence-electron chi connectivity index (χ0n) is 11.7. The van der Waals surface area contributed by atoms with Crippen LogP contribution in [-0.2, 0) is 0 Å². The molecule has 0 aliphatic rings. The van der Waals surface area contributed by atoms with E-state index in [0.717, 1.165) is 0 Å². The number of amides is 1. The van der Waals surface area contributed by atoms with Gasteiger partial charge in [0.05, 0.1) is 5.56 Å². The van der Waals surface area contributed by atoms with Crippen LogP contribution in [-0.4, -0.2) is 28.2 Å². The van der Waals surface area contributed by atoms with Crippen LogP contribution in [0.15, 0.2) is 46.2 Å². The summed E-state index contributed by atoms with van der Waals surface area (Å²) in [5.41, 5.74) is 0.255. The first-order chi connectivity index (χ1) is 10.6. The molecule has 0 fully saturated rings. The second-order valence-electron chi connectivity index (χ2n) is 4.67. The van der Waals surface area contributed by atoms with Crippen molar-refractivity contribution in [2.75, 3.05) is 6.54 Å². The van der Waals surface area contributed by atoms with Gasteiger partial charge < -0.3 is 15.3 Å². The van der Waals surface area contributed by atoms with E-state index >= 15 is 0 Å². The lowest BCUT2D eigenvalue weighted by molar-refractivity contribution is 0.0937. The van der Waals surface area contributed by atoms with Crippen LogP contribution in [0.1, 0.15) is 33.6 Å². The Kier molecular flexibility index (Phi) is 5.02. The van der Waals surface area contributed by atoms with Crippen molar-refractivity contribution in [3.8, 4) is 0 Å². The van der Waals surface area contributed by atoms with Gasteiger partial charge in [-0.05, 0) is 18.6 Å². The number of hydrogen-bond acceptors (Lipinski definition) is 4. The first-order valence-electron chi connectivity index (χ1n) is 6.75. The summed E-state index contributed by atoms with van der Waals surface area (Å²) in [5, 5.41) is 2.66. The number of rotatable bonds is 6. The SMILES string of the molecule is O=C(CCCNC(=O)c1ccc(=O)[nH]c1)c1ccc(=O)[nH]c1. The zero-order valence-corrected chi connectivity index (χ0v) is 11.7. The third-order valence-corrected chi connectivity index (χ3v) is 3.02. The monoisotopic (exact) mass is 301 g/mol. The lowest BCUT2D eigenvalue weighted by atomic mass is 10.1. The molecule has 2 rings (SSSR count). The minimum absolute atomic E-state index is 0.102. The van der Waals surface area contributed by atoms with Crippen molar-refractivity contribution < 1.29 is 9.59 Å². The fourth-order valence-electron chi connectivity index (χ4n) is 1.83. The van der Waals surface area contributed by atoms with Gasteiger partial charge in [0.25, 0.3) is 5.91 Å². The lowest BCUT2D eigenvalue weighted by Gasteiger charge is -2.04. The van der Waals surface area contributed by atoms with Gasteiger partial charge in [-0.15, -0.1) is 0 Å². The highest BCUT2D eigenvalue weighted by Gasteiger charge is 2.07. The predicted octanol–water partition coefficient (Wildman–Crippen LogP) is 0.456. The number of carbonyl (C=O) groups is 2. The molecule has 0 aliphatic heterocycles. The van der Waals surface area contributed by atoms with Crippen molar-refractivity contribution in [3.63, 3.8) is 0 Å². The lowest BCUT2D eigenvalue weighted by Crippen LogP contribution is -2.25. The molecular formula is C15H15N3O4. The Morgan fingerprint density at radius 3 is 2.05 bits per heavy atom. The predicted molar refractivity (Wildman–Crippen MR) is 80.0 cm³/mol. The number of ketones is 1. The number of carbonyl (C=O) groups excluding carboxylic acids is 2. The molecule has 0 saturated carbocycles. The van der Waals surface area contributed by atoms with Gasteiger partial charge in [-0.1, -0.05) is 0 Å². The molecule has 3 N–H and O–H groups in total. The molecule has 0 atom stereocenters. The van der Waals surface area contributed by atoms with Crippen LogP contribution >= 0.6 is 0 Å².